The molecule has 0 saturated carbocycles. The summed E-state index contributed by atoms with van der Waals surface area (Å²) in [5.41, 5.74) is 4.10. The normalized spacial score (nSPS) is 16.1. The molecule has 0 bridgehead atoms. The zero-order valence-electron chi connectivity index (χ0n) is 17.9. The lowest BCUT2D eigenvalue weighted by Gasteiger charge is -2.19. The largest absolute Gasteiger partial charge is 0.492 e. The first-order chi connectivity index (χ1) is 15.6. The second-order valence-electron chi connectivity index (χ2n) is 8.13. The number of para-hydroxylation sites is 3. The lowest BCUT2D eigenvalue weighted by atomic mass is 10.1. The number of nitrogens with zero attached hydrogens (tertiary/aromatic N) is 3. The zero-order valence-corrected chi connectivity index (χ0v) is 19.5. The number of imidazole rings is 1. The van der Waals surface area contributed by atoms with Gasteiger partial charge in [-0.15, -0.1) is 0 Å². The molecule has 162 valence electrons. The van der Waals surface area contributed by atoms with Crippen LogP contribution in [0.25, 0.3) is 11.0 Å². The number of amides is 1. The van der Waals surface area contributed by atoms with Gasteiger partial charge in [-0.2, -0.15) is 0 Å². The molecule has 1 amide bonds. The van der Waals surface area contributed by atoms with E-state index in [0.717, 1.165) is 32.8 Å². The fourth-order valence-electron chi connectivity index (χ4n) is 4.38. The molecule has 1 aliphatic rings. The molecule has 2 heterocycles. The summed E-state index contributed by atoms with van der Waals surface area (Å²) in [6, 6.07) is 24.1. The molecule has 0 N–H and O–H groups in total. The molecule has 1 aliphatic heterocycles. The van der Waals surface area contributed by atoms with Gasteiger partial charge in [0.2, 0.25) is 5.91 Å². The van der Waals surface area contributed by atoms with E-state index in [-0.39, 0.29) is 11.8 Å². The molecule has 6 heteroatoms. The third-order valence-electron chi connectivity index (χ3n) is 5.89. The van der Waals surface area contributed by atoms with Crippen molar-refractivity contribution in [3.8, 4) is 5.75 Å². The SMILES string of the molecule is Cc1cccc(OCCn2c([C@@H]3CC(=O)N(c4ccccc4Br)C3)nc3ccccc32)c1. The van der Waals surface area contributed by atoms with Gasteiger partial charge >= 0.3 is 0 Å². The summed E-state index contributed by atoms with van der Waals surface area (Å²) in [6.45, 7) is 3.88. The Hall–Kier alpha value is -3.12. The average molecular weight is 490 g/mol. The number of aromatic nitrogens is 2. The van der Waals surface area contributed by atoms with Crippen molar-refractivity contribution in [3.05, 3.63) is 88.7 Å². The molecular formula is C26H24BrN3O2. The number of anilines is 1. The number of halogens is 1. The van der Waals surface area contributed by atoms with Gasteiger partial charge in [-0.1, -0.05) is 36.4 Å². The molecule has 1 fully saturated rings. The van der Waals surface area contributed by atoms with Crippen molar-refractivity contribution >= 4 is 38.6 Å². The van der Waals surface area contributed by atoms with Crippen molar-refractivity contribution in [1.82, 2.24) is 9.55 Å². The Morgan fingerprint density at radius 3 is 2.72 bits per heavy atom. The molecule has 1 aromatic heterocycles. The first-order valence-corrected chi connectivity index (χ1v) is 11.6. The monoisotopic (exact) mass is 489 g/mol. The molecule has 5 nitrogen and oxygen atoms in total. The molecule has 32 heavy (non-hydrogen) atoms. The summed E-state index contributed by atoms with van der Waals surface area (Å²) in [7, 11) is 0. The number of aryl methyl sites for hydroxylation is 1. The molecular weight excluding hydrogens is 466 g/mol. The number of ether oxygens (including phenoxy) is 1. The smallest absolute Gasteiger partial charge is 0.227 e. The van der Waals surface area contributed by atoms with Crippen molar-refractivity contribution in [2.24, 2.45) is 0 Å². The highest BCUT2D eigenvalue weighted by Crippen LogP contribution is 2.36. The van der Waals surface area contributed by atoms with E-state index in [9.17, 15) is 4.79 Å². The molecule has 0 aliphatic carbocycles. The molecule has 0 spiro atoms. The average Bonchev–Trinajstić information content (AvgIpc) is 3.35. The first kappa shape index (κ1) is 20.8. The van der Waals surface area contributed by atoms with E-state index in [1.807, 2.05) is 65.6 Å². The van der Waals surface area contributed by atoms with Crippen molar-refractivity contribution in [3.63, 3.8) is 0 Å². The summed E-state index contributed by atoms with van der Waals surface area (Å²) in [6.07, 6.45) is 0.448. The number of benzene rings is 3. The first-order valence-electron chi connectivity index (χ1n) is 10.8. The van der Waals surface area contributed by atoms with Crippen LogP contribution in [0.5, 0.6) is 5.75 Å². The summed E-state index contributed by atoms with van der Waals surface area (Å²) in [4.78, 5) is 19.7. The zero-order chi connectivity index (χ0) is 22.1. The molecule has 4 aromatic rings. The van der Waals surface area contributed by atoms with Crippen molar-refractivity contribution in [1.29, 1.82) is 0 Å². The van der Waals surface area contributed by atoms with Crippen molar-refractivity contribution < 1.29 is 9.53 Å². The highest BCUT2D eigenvalue weighted by atomic mass is 79.9. The summed E-state index contributed by atoms with van der Waals surface area (Å²) >= 11 is 3.58. The maximum atomic E-state index is 12.9. The van der Waals surface area contributed by atoms with E-state index >= 15 is 0 Å². The molecule has 0 radical (unpaired) electrons. The molecule has 0 unspecified atom stereocenters. The van der Waals surface area contributed by atoms with Gasteiger partial charge in [-0.3, -0.25) is 4.79 Å². The molecule has 1 saturated heterocycles. The van der Waals surface area contributed by atoms with E-state index in [1.54, 1.807) is 0 Å². The number of hydrogen-bond donors (Lipinski definition) is 0. The Bertz CT molecular complexity index is 1280. The van der Waals surface area contributed by atoms with Gasteiger partial charge in [0.1, 0.15) is 18.2 Å². The van der Waals surface area contributed by atoms with Gasteiger partial charge in [0.05, 0.1) is 23.3 Å². The summed E-state index contributed by atoms with van der Waals surface area (Å²) in [5.74, 6) is 1.96. The van der Waals surface area contributed by atoms with Crippen LogP contribution in [-0.4, -0.2) is 28.6 Å². The number of hydrogen-bond acceptors (Lipinski definition) is 3. The van der Waals surface area contributed by atoms with Gasteiger partial charge in [0, 0.05) is 23.4 Å². The van der Waals surface area contributed by atoms with Gasteiger partial charge in [-0.05, 0) is 64.8 Å². The van der Waals surface area contributed by atoms with Crippen LogP contribution < -0.4 is 9.64 Å². The highest BCUT2D eigenvalue weighted by Gasteiger charge is 2.35. The van der Waals surface area contributed by atoms with Crippen LogP contribution in [0.2, 0.25) is 0 Å². The minimum absolute atomic E-state index is 0.0287. The second-order valence-corrected chi connectivity index (χ2v) is 8.99. The maximum Gasteiger partial charge on any atom is 0.227 e. The minimum Gasteiger partial charge on any atom is -0.492 e. The lowest BCUT2D eigenvalue weighted by Crippen LogP contribution is -2.25. The number of fused-ring (bicyclic) bond motifs is 1. The standard InChI is InChI=1S/C26H24BrN3O2/c1-18-7-6-8-20(15-18)32-14-13-29-24-12-5-3-10-22(24)28-26(29)19-16-25(31)30(17-19)23-11-4-2-9-21(23)27/h2-12,15,19H,13-14,16-17H2,1H3/t19-/m1/s1. The Balaban J connectivity index is 1.41. The quantitative estimate of drug-likeness (QED) is 0.348. The van der Waals surface area contributed by atoms with E-state index in [2.05, 4.69) is 39.6 Å². The predicted molar refractivity (Wildman–Crippen MR) is 130 cm³/mol. The van der Waals surface area contributed by atoms with Crippen LogP contribution in [0.3, 0.4) is 0 Å². The summed E-state index contributed by atoms with van der Waals surface area (Å²) in [5, 5.41) is 0. The lowest BCUT2D eigenvalue weighted by molar-refractivity contribution is -0.117. The fraction of sp³-hybridized carbons (Fsp3) is 0.231. The van der Waals surface area contributed by atoms with Gasteiger partial charge in [-0.25, -0.2) is 4.98 Å². The maximum absolute atomic E-state index is 12.9. The number of rotatable bonds is 6. The third kappa shape index (κ3) is 4.02. The van der Waals surface area contributed by atoms with E-state index < -0.39 is 0 Å². The van der Waals surface area contributed by atoms with E-state index in [0.29, 0.717) is 26.1 Å². The van der Waals surface area contributed by atoms with Gasteiger partial charge < -0.3 is 14.2 Å². The van der Waals surface area contributed by atoms with Crippen LogP contribution in [0.15, 0.2) is 77.3 Å². The van der Waals surface area contributed by atoms with Crippen LogP contribution >= 0.6 is 15.9 Å². The van der Waals surface area contributed by atoms with Crippen molar-refractivity contribution in [2.75, 3.05) is 18.1 Å². The summed E-state index contributed by atoms with van der Waals surface area (Å²) < 4.78 is 9.16. The second kappa shape index (κ2) is 8.79. The van der Waals surface area contributed by atoms with Crippen LogP contribution in [-0.2, 0) is 11.3 Å². The van der Waals surface area contributed by atoms with Crippen LogP contribution in [0.4, 0.5) is 5.69 Å². The highest BCUT2D eigenvalue weighted by molar-refractivity contribution is 9.10. The Morgan fingerprint density at radius 2 is 1.88 bits per heavy atom. The topological polar surface area (TPSA) is 47.4 Å². The number of carbonyl (C=O) groups is 1. The van der Waals surface area contributed by atoms with Crippen LogP contribution in [0, 0.1) is 6.92 Å². The fourth-order valence-corrected chi connectivity index (χ4v) is 4.88. The van der Waals surface area contributed by atoms with Crippen LogP contribution in [0.1, 0.15) is 23.7 Å². The van der Waals surface area contributed by atoms with E-state index in [1.165, 1.54) is 5.56 Å². The van der Waals surface area contributed by atoms with Gasteiger partial charge in [0.25, 0.3) is 0 Å². The predicted octanol–water partition coefficient (Wildman–Crippen LogP) is 5.71. The Labute approximate surface area is 195 Å². The molecule has 3 aromatic carbocycles. The van der Waals surface area contributed by atoms with E-state index in [4.69, 9.17) is 9.72 Å². The Morgan fingerprint density at radius 1 is 1.06 bits per heavy atom. The third-order valence-corrected chi connectivity index (χ3v) is 6.56. The van der Waals surface area contributed by atoms with Crippen molar-refractivity contribution in [2.45, 2.75) is 25.8 Å². The number of carbonyl (C=O) groups excluding carboxylic acids is 1. The Kier molecular flexibility index (Phi) is 5.70. The molecule has 5 rings (SSSR count). The minimum atomic E-state index is 0.0287. The molecule has 1 atom stereocenters. The van der Waals surface area contributed by atoms with Gasteiger partial charge in [0.15, 0.2) is 0 Å².